The summed E-state index contributed by atoms with van der Waals surface area (Å²) in [6.07, 6.45) is 0. The Hall–Kier alpha value is -0.0444. The molecule has 4 radical (unpaired) electrons. The van der Waals surface area contributed by atoms with Crippen molar-refractivity contribution < 1.29 is 40.2 Å². The average molecular weight is 625 g/mol. The van der Waals surface area contributed by atoms with Crippen LogP contribution in [-0.4, -0.2) is 9.52 Å². The van der Waals surface area contributed by atoms with Gasteiger partial charge in [0.15, 0.2) is 0 Å². The molecule has 0 aliphatic rings. The molecule has 0 amide bonds. The van der Waals surface area contributed by atoms with Crippen LogP contribution in [0.1, 0.15) is 13.8 Å². The van der Waals surface area contributed by atoms with Gasteiger partial charge in [-0.1, -0.05) is 71.0 Å². The van der Waals surface area contributed by atoms with E-state index in [-0.39, 0.29) is 40.2 Å². The fourth-order valence-electron chi connectivity index (χ4n) is 1.21. The molecule has 0 saturated carbocycles. The molecule has 2 aromatic rings. The molecule has 0 aliphatic heterocycles. The average Bonchev–Trinajstić information content (AvgIpc) is 2.45. The summed E-state index contributed by atoms with van der Waals surface area (Å²) in [5.41, 5.74) is 0. The van der Waals surface area contributed by atoms with Gasteiger partial charge in [0.05, 0.1) is 0 Å². The second kappa shape index (κ2) is 18.0. The van der Waals surface area contributed by atoms with E-state index >= 15 is 0 Å². The first-order chi connectivity index (χ1) is 8.45. The van der Waals surface area contributed by atoms with Gasteiger partial charge in [-0.2, -0.15) is 13.8 Å². The van der Waals surface area contributed by atoms with Crippen LogP contribution in [0.25, 0.3) is 0 Å². The van der Waals surface area contributed by atoms with Crippen molar-refractivity contribution in [3.63, 3.8) is 0 Å². The summed E-state index contributed by atoms with van der Waals surface area (Å²) < 4.78 is 0. The van der Waals surface area contributed by atoms with Crippen molar-refractivity contribution in [2.24, 2.45) is 0 Å². The van der Waals surface area contributed by atoms with E-state index in [9.17, 15) is 0 Å². The standard InChI is InChI=1S/C12H10Si.2C2H5.2Ir/c1-3-7-11(8-4-1)13-12-9-5-2-6-10-12;2*1-2;;/h1-10H;2*1H2,2H3;;/q;2*-1;;. The van der Waals surface area contributed by atoms with Crippen LogP contribution in [0.4, 0.5) is 0 Å². The van der Waals surface area contributed by atoms with E-state index in [0.29, 0.717) is 0 Å². The van der Waals surface area contributed by atoms with E-state index in [4.69, 9.17) is 0 Å². The molecular formula is C16H20Ir2Si-2. The zero-order valence-corrected chi connectivity index (χ0v) is 17.1. The van der Waals surface area contributed by atoms with E-state index in [1.807, 2.05) is 0 Å². The SMILES string of the molecule is [CH2-]C.[CH2-]C.[Ir].[Ir].c1ccc([Si]c2ccccc2)cc1. The smallest absolute Gasteiger partial charge is 0.121 e. The van der Waals surface area contributed by atoms with E-state index in [1.165, 1.54) is 10.4 Å². The van der Waals surface area contributed by atoms with Crippen LogP contribution in [-0.2, 0) is 40.2 Å². The van der Waals surface area contributed by atoms with Crippen LogP contribution in [0.2, 0.25) is 0 Å². The Morgan fingerprint density at radius 2 is 0.842 bits per heavy atom. The minimum Gasteiger partial charge on any atom is -0.346 e. The Bertz CT molecular complexity index is 326. The molecule has 0 unspecified atom stereocenters. The van der Waals surface area contributed by atoms with Crippen LogP contribution in [0.3, 0.4) is 0 Å². The Morgan fingerprint density at radius 3 is 1.11 bits per heavy atom. The summed E-state index contributed by atoms with van der Waals surface area (Å²) in [6, 6.07) is 21.2. The van der Waals surface area contributed by atoms with E-state index in [2.05, 4.69) is 74.5 Å². The fraction of sp³-hybridized carbons (Fsp3) is 0.125. The van der Waals surface area contributed by atoms with Crippen molar-refractivity contribution >= 4 is 19.9 Å². The maximum atomic E-state index is 3.25. The van der Waals surface area contributed by atoms with Crippen LogP contribution < -0.4 is 10.4 Å². The number of hydrogen-bond acceptors (Lipinski definition) is 0. The molecule has 0 saturated heterocycles. The summed E-state index contributed by atoms with van der Waals surface area (Å²) in [5.74, 6) is 0. The summed E-state index contributed by atoms with van der Waals surface area (Å²) >= 11 is 0. The maximum absolute atomic E-state index is 3.25. The van der Waals surface area contributed by atoms with Gasteiger partial charge in [-0.05, 0) is 0 Å². The van der Waals surface area contributed by atoms with Gasteiger partial charge in [0.25, 0.3) is 0 Å². The van der Waals surface area contributed by atoms with Gasteiger partial charge < -0.3 is 13.8 Å². The molecule has 19 heavy (non-hydrogen) atoms. The largest absolute Gasteiger partial charge is 0.346 e. The van der Waals surface area contributed by atoms with Gasteiger partial charge in [-0.3, -0.25) is 0 Å². The number of benzene rings is 2. The first-order valence-electron chi connectivity index (χ1n) is 5.74. The van der Waals surface area contributed by atoms with Crippen molar-refractivity contribution in [3.8, 4) is 0 Å². The number of rotatable bonds is 2. The first kappa shape index (κ1) is 24.0. The van der Waals surface area contributed by atoms with Crippen molar-refractivity contribution in [3.05, 3.63) is 74.5 Å². The summed E-state index contributed by atoms with van der Waals surface area (Å²) in [7, 11) is 0.777. The Morgan fingerprint density at radius 1 is 0.579 bits per heavy atom. The minimum absolute atomic E-state index is 0. The number of hydrogen-bond donors (Lipinski definition) is 0. The molecule has 3 heteroatoms. The van der Waals surface area contributed by atoms with Gasteiger partial charge in [0.1, 0.15) is 9.52 Å². The third-order valence-corrected chi connectivity index (χ3v) is 3.08. The second-order valence-corrected chi connectivity index (χ2v) is 4.26. The maximum Gasteiger partial charge on any atom is 0.121 e. The van der Waals surface area contributed by atoms with Gasteiger partial charge in [0.2, 0.25) is 0 Å². The molecule has 0 aliphatic carbocycles. The first-order valence-corrected chi connectivity index (χ1v) is 6.74. The minimum atomic E-state index is 0. The molecule has 108 valence electrons. The quantitative estimate of drug-likeness (QED) is 0.356. The van der Waals surface area contributed by atoms with Crippen molar-refractivity contribution in [1.29, 1.82) is 0 Å². The van der Waals surface area contributed by atoms with Gasteiger partial charge in [0, 0.05) is 40.2 Å². The second-order valence-electron chi connectivity index (χ2n) is 2.86. The predicted molar refractivity (Wildman–Crippen MR) is 80.0 cm³/mol. The van der Waals surface area contributed by atoms with Crippen molar-refractivity contribution in [1.82, 2.24) is 0 Å². The Labute approximate surface area is 147 Å². The zero-order chi connectivity index (χ0) is 12.9. The third-order valence-electron chi connectivity index (χ3n) is 1.84. The molecule has 0 fully saturated rings. The third kappa shape index (κ3) is 11.5. The van der Waals surface area contributed by atoms with E-state index in [0.717, 1.165) is 9.52 Å². The molecule has 0 bridgehead atoms. The molecule has 0 aromatic heterocycles. The molecule has 0 nitrogen and oxygen atoms in total. The molecule has 0 heterocycles. The monoisotopic (exact) mass is 626 g/mol. The molecule has 0 N–H and O–H groups in total. The molecule has 2 rings (SSSR count). The van der Waals surface area contributed by atoms with Crippen LogP contribution in [0, 0.1) is 13.8 Å². The Balaban J connectivity index is -0.000000392. The molecule has 0 atom stereocenters. The van der Waals surface area contributed by atoms with E-state index < -0.39 is 0 Å². The summed E-state index contributed by atoms with van der Waals surface area (Å²) in [6.45, 7) is 10.0. The zero-order valence-electron chi connectivity index (χ0n) is 11.4. The fourth-order valence-corrected chi connectivity index (χ4v) is 2.26. The van der Waals surface area contributed by atoms with Crippen LogP contribution >= 0.6 is 0 Å². The molecule has 0 spiro atoms. The normalized spacial score (nSPS) is 7.37. The van der Waals surface area contributed by atoms with Crippen LogP contribution in [0.15, 0.2) is 60.7 Å². The van der Waals surface area contributed by atoms with Gasteiger partial charge in [-0.25, -0.2) is 0 Å². The predicted octanol–water partition coefficient (Wildman–Crippen LogP) is 3.02. The molecule has 2 aromatic carbocycles. The van der Waals surface area contributed by atoms with Gasteiger partial charge in [-0.15, -0.1) is 0 Å². The van der Waals surface area contributed by atoms with Crippen molar-refractivity contribution in [2.75, 3.05) is 0 Å². The molecular weight excluding hydrogens is 605 g/mol. The van der Waals surface area contributed by atoms with Crippen molar-refractivity contribution in [2.45, 2.75) is 13.8 Å². The van der Waals surface area contributed by atoms with Crippen LogP contribution in [0.5, 0.6) is 0 Å². The van der Waals surface area contributed by atoms with E-state index in [1.54, 1.807) is 13.8 Å². The summed E-state index contributed by atoms with van der Waals surface area (Å²) in [5, 5.41) is 2.79. The topological polar surface area (TPSA) is 0 Å². The van der Waals surface area contributed by atoms with Gasteiger partial charge >= 0.3 is 0 Å². The Kier molecular flexibility index (Phi) is 22.7. The summed E-state index contributed by atoms with van der Waals surface area (Å²) in [4.78, 5) is 0.